The number of rotatable bonds is 6. The first-order valence-electron chi connectivity index (χ1n) is 6.74. The zero-order valence-corrected chi connectivity index (χ0v) is 12.2. The van der Waals surface area contributed by atoms with Crippen molar-refractivity contribution in [3.05, 3.63) is 29.8 Å². The number of carbonyl (C=O) groups excluding carboxylic acids is 1. The topological polar surface area (TPSA) is 69.6 Å². The second-order valence-corrected chi connectivity index (χ2v) is 5.13. The third-order valence-corrected chi connectivity index (χ3v) is 3.04. The second-order valence-electron chi connectivity index (χ2n) is 5.13. The van der Waals surface area contributed by atoms with Gasteiger partial charge in [0, 0.05) is 25.7 Å². The number of amides is 2. The number of benzene rings is 1. The Morgan fingerprint density at radius 1 is 1.35 bits per heavy atom. The van der Waals surface area contributed by atoms with Gasteiger partial charge in [0.1, 0.15) is 0 Å². The number of hydrogen-bond donors (Lipinski definition) is 2. The van der Waals surface area contributed by atoms with Crippen LogP contribution in [0.15, 0.2) is 24.3 Å². The lowest BCUT2D eigenvalue weighted by Crippen LogP contribution is -2.32. The molecule has 0 aliphatic carbocycles. The van der Waals surface area contributed by atoms with Crippen molar-refractivity contribution in [3.63, 3.8) is 0 Å². The van der Waals surface area contributed by atoms with E-state index in [9.17, 15) is 9.59 Å². The summed E-state index contributed by atoms with van der Waals surface area (Å²) in [5.41, 5.74) is 1.92. The van der Waals surface area contributed by atoms with Crippen LogP contribution < -0.4 is 5.32 Å². The van der Waals surface area contributed by atoms with Crippen molar-refractivity contribution in [2.24, 2.45) is 0 Å². The summed E-state index contributed by atoms with van der Waals surface area (Å²) in [4.78, 5) is 23.9. The molecule has 0 saturated heterocycles. The predicted molar refractivity (Wildman–Crippen MR) is 79.0 cm³/mol. The lowest BCUT2D eigenvalue weighted by molar-refractivity contribution is -0.137. The Balaban J connectivity index is 2.52. The van der Waals surface area contributed by atoms with E-state index in [4.69, 9.17) is 5.11 Å². The predicted octanol–water partition coefficient (Wildman–Crippen LogP) is 3.14. The van der Waals surface area contributed by atoms with Gasteiger partial charge in [-0.05, 0) is 30.0 Å². The molecule has 0 unspecified atom stereocenters. The number of nitrogens with zero attached hydrogens (tertiary/aromatic N) is 1. The van der Waals surface area contributed by atoms with Crippen LogP contribution in [-0.4, -0.2) is 35.6 Å². The van der Waals surface area contributed by atoms with Gasteiger partial charge in [0.15, 0.2) is 0 Å². The molecule has 5 nitrogen and oxygen atoms in total. The van der Waals surface area contributed by atoms with Crippen LogP contribution in [0.4, 0.5) is 10.5 Å². The van der Waals surface area contributed by atoms with Crippen LogP contribution in [0.5, 0.6) is 0 Å². The number of urea groups is 1. The van der Waals surface area contributed by atoms with Crippen LogP contribution in [0.25, 0.3) is 0 Å². The number of carboxylic acids is 1. The summed E-state index contributed by atoms with van der Waals surface area (Å²) in [6.45, 7) is 4.61. The Kier molecular flexibility index (Phi) is 6.03. The van der Waals surface area contributed by atoms with Gasteiger partial charge in [0.25, 0.3) is 0 Å². The highest BCUT2D eigenvalue weighted by atomic mass is 16.4. The first-order chi connectivity index (χ1) is 9.40. The summed E-state index contributed by atoms with van der Waals surface area (Å²) in [5, 5.41) is 11.4. The van der Waals surface area contributed by atoms with E-state index in [2.05, 4.69) is 19.2 Å². The lowest BCUT2D eigenvalue weighted by Gasteiger charge is -2.18. The van der Waals surface area contributed by atoms with Crippen LogP contribution in [0.1, 0.15) is 38.2 Å². The minimum atomic E-state index is -0.844. The van der Waals surface area contributed by atoms with Gasteiger partial charge in [-0.15, -0.1) is 0 Å². The van der Waals surface area contributed by atoms with E-state index in [1.807, 2.05) is 24.3 Å². The molecule has 0 fully saturated rings. The summed E-state index contributed by atoms with van der Waals surface area (Å²) in [6, 6.07) is 7.51. The van der Waals surface area contributed by atoms with Crippen molar-refractivity contribution < 1.29 is 14.7 Å². The number of carbonyl (C=O) groups is 2. The molecule has 5 heteroatoms. The van der Waals surface area contributed by atoms with Gasteiger partial charge < -0.3 is 15.3 Å². The minimum Gasteiger partial charge on any atom is -0.481 e. The van der Waals surface area contributed by atoms with Crippen LogP contribution in [-0.2, 0) is 4.79 Å². The molecule has 1 aromatic carbocycles. The molecule has 2 N–H and O–H groups in total. The summed E-state index contributed by atoms with van der Waals surface area (Å²) >= 11 is 0. The Hall–Kier alpha value is -2.04. The van der Waals surface area contributed by atoms with E-state index in [1.165, 1.54) is 4.90 Å². The molecule has 2 amide bonds. The van der Waals surface area contributed by atoms with Crippen molar-refractivity contribution in [2.75, 3.05) is 18.9 Å². The van der Waals surface area contributed by atoms with Crippen LogP contribution in [0, 0.1) is 0 Å². The number of nitrogens with one attached hydrogen (secondary N) is 1. The highest BCUT2D eigenvalue weighted by molar-refractivity contribution is 5.89. The largest absolute Gasteiger partial charge is 0.481 e. The molecule has 0 radical (unpaired) electrons. The molecule has 110 valence electrons. The third-order valence-electron chi connectivity index (χ3n) is 3.04. The summed E-state index contributed by atoms with van der Waals surface area (Å²) in [5.74, 6) is -0.441. The minimum absolute atomic E-state index is 0.0699. The van der Waals surface area contributed by atoms with E-state index in [0.717, 1.165) is 11.3 Å². The molecular formula is C15H22N2O3. The average molecular weight is 278 g/mol. The maximum absolute atomic E-state index is 11.9. The lowest BCUT2D eigenvalue weighted by atomic mass is 10.0. The highest BCUT2D eigenvalue weighted by Gasteiger charge is 2.10. The van der Waals surface area contributed by atoms with Gasteiger partial charge in [0.05, 0.1) is 0 Å². The smallest absolute Gasteiger partial charge is 0.321 e. The highest BCUT2D eigenvalue weighted by Crippen LogP contribution is 2.18. The van der Waals surface area contributed by atoms with Crippen LogP contribution in [0.2, 0.25) is 0 Å². The van der Waals surface area contributed by atoms with Gasteiger partial charge in [-0.25, -0.2) is 4.79 Å². The van der Waals surface area contributed by atoms with Crippen molar-refractivity contribution in [2.45, 2.75) is 32.6 Å². The first kappa shape index (κ1) is 16.0. The quantitative estimate of drug-likeness (QED) is 0.839. The number of hydrogen-bond acceptors (Lipinski definition) is 2. The number of anilines is 1. The monoisotopic (exact) mass is 278 g/mol. The fourth-order valence-electron chi connectivity index (χ4n) is 1.76. The SMILES string of the molecule is CC(C)c1cccc(NC(=O)N(C)CCCC(=O)O)c1. The molecular weight excluding hydrogens is 256 g/mol. The summed E-state index contributed by atoms with van der Waals surface area (Å²) < 4.78 is 0. The molecule has 1 aromatic rings. The van der Waals surface area contributed by atoms with Gasteiger partial charge in [-0.1, -0.05) is 26.0 Å². The van der Waals surface area contributed by atoms with Gasteiger partial charge in [0.2, 0.25) is 0 Å². The maximum atomic E-state index is 11.9. The van der Waals surface area contributed by atoms with Gasteiger partial charge >= 0.3 is 12.0 Å². The Labute approximate surface area is 119 Å². The number of aliphatic carboxylic acids is 1. The van der Waals surface area contributed by atoms with Gasteiger partial charge in [-0.3, -0.25) is 4.79 Å². The van der Waals surface area contributed by atoms with E-state index in [0.29, 0.717) is 18.9 Å². The number of carboxylic acid groups (broad SMARTS) is 1. The zero-order valence-electron chi connectivity index (χ0n) is 12.2. The summed E-state index contributed by atoms with van der Waals surface area (Å²) in [6.07, 6.45) is 0.520. The van der Waals surface area contributed by atoms with Crippen molar-refractivity contribution in [1.29, 1.82) is 0 Å². The average Bonchev–Trinajstić information content (AvgIpc) is 2.38. The normalized spacial score (nSPS) is 10.4. The molecule has 0 bridgehead atoms. The standard InChI is InChI=1S/C15H22N2O3/c1-11(2)12-6-4-7-13(10-12)16-15(20)17(3)9-5-8-14(18)19/h4,6-7,10-11H,5,8-9H2,1-3H3,(H,16,20)(H,18,19). The molecule has 0 heterocycles. The maximum Gasteiger partial charge on any atom is 0.321 e. The van der Waals surface area contributed by atoms with E-state index < -0.39 is 5.97 Å². The van der Waals surface area contributed by atoms with Crippen molar-refractivity contribution in [1.82, 2.24) is 4.90 Å². The van der Waals surface area contributed by atoms with Crippen molar-refractivity contribution in [3.8, 4) is 0 Å². The van der Waals surface area contributed by atoms with Crippen molar-refractivity contribution >= 4 is 17.7 Å². The van der Waals surface area contributed by atoms with Crippen LogP contribution >= 0.6 is 0 Å². The molecule has 0 saturated carbocycles. The third kappa shape index (κ3) is 5.30. The first-order valence-corrected chi connectivity index (χ1v) is 6.74. The fourth-order valence-corrected chi connectivity index (χ4v) is 1.76. The Morgan fingerprint density at radius 2 is 2.05 bits per heavy atom. The van der Waals surface area contributed by atoms with Gasteiger partial charge in [-0.2, -0.15) is 0 Å². The van der Waals surface area contributed by atoms with E-state index >= 15 is 0 Å². The van der Waals surface area contributed by atoms with E-state index in [-0.39, 0.29) is 12.5 Å². The zero-order chi connectivity index (χ0) is 15.1. The Bertz CT molecular complexity index is 472. The van der Waals surface area contributed by atoms with E-state index in [1.54, 1.807) is 7.05 Å². The van der Waals surface area contributed by atoms with Crippen LogP contribution in [0.3, 0.4) is 0 Å². The molecule has 0 aliphatic rings. The molecule has 0 aliphatic heterocycles. The molecule has 20 heavy (non-hydrogen) atoms. The molecule has 0 atom stereocenters. The molecule has 0 spiro atoms. The Morgan fingerprint density at radius 3 is 2.65 bits per heavy atom. The molecule has 0 aromatic heterocycles. The fraction of sp³-hybridized carbons (Fsp3) is 0.467. The molecule has 1 rings (SSSR count). The second kappa shape index (κ2) is 7.53. The summed E-state index contributed by atoms with van der Waals surface area (Å²) in [7, 11) is 1.66.